The van der Waals surface area contributed by atoms with Crippen LogP contribution in [0.2, 0.25) is 0 Å². The zero-order chi connectivity index (χ0) is 21.9. The Morgan fingerprint density at radius 3 is 2.03 bits per heavy atom. The first-order valence-corrected chi connectivity index (χ1v) is 11.0. The lowest BCUT2D eigenvalue weighted by molar-refractivity contribution is -0.146. The third kappa shape index (κ3) is 7.28. The molecule has 1 aliphatic rings. The molecule has 6 heteroatoms. The van der Waals surface area contributed by atoms with E-state index >= 15 is 0 Å². The molecule has 0 atom stereocenters. The molecular weight excluding hydrogens is 392 g/mol. The molecule has 0 N–H and O–H groups in total. The fraction of sp³-hybridized carbons (Fsp3) is 0.440. The largest absolute Gasteiger partial charge is 0.466 e. The highest BCUT2D eigenvalue weighted by atomic mass is 16.5. The van der Waals surface area contributed by atoms with Gasteiger partial charge >= 0.3 is 5.97 Å². The number of piperazine rings is 1. The number of ketones is 1. The van der Waals surface area contributed by atoms with E-state index in [1.54, 1.807) is 6.92 Å². The van der Waals surface area contributed by atoms with Crippen LogP contribution >= 0.6 is 0 Å². The van der Waals surface area contributed by atoms with Gasteiger partial charge in [0.1, 0.15) is 13.0 Å². The molecule has 1 heterocycles. The number of ether oxygens (including phenoxy) is 2. The van der Waals surface area contributed by atoms with Crippen molar-refractivity contribution in [3.05, 3.63) is 71.8 Å². The van der Waals surface area contributed by atoms with Gasteiger partial charge in [-0.05, 0) is 18.1 Å². The van der Waals surface area contributed by atoms with Crippen LogP contribution in [0.3, 0.4) is 0 Å². The van der Waals surface area contributed by atoms with Crippen molar-refractivity contribution in [3.63, 3.8) is 0 Å². The number of esters is 1. The van der Waals surface area contributed by atoms with Gasteiger partial charge in [-0.3, -0.25) is 19.4 Å². The number of rotatable bonds is 11. The summed E-state index contributed by atoms with van der Waals surface area (Å²) < 4.78 is 10.3. The van der Waals surface area contributed by atoms with E-state index in [9.17, 15) is 9.59 Å². The molecule has 3 rings (SSSR count). The average Bonchev–Trinajstić information content (AvgIpc) is 2.79. The standard InChI is InChI=1S/C25H32N2O4/c1-2-31-24(29)19-23(28)20-30-18-17-26-13-15-27(16-14-26)25(21-9-5-3-6-10-21)22-11-7-4-8-12-22/h3-12,25H,2,13-20H2,1H3. The number of carbonyl (C=O) groups excluding carboxylic acids is 2. The zero-order valence-electron chi connectivity index (χ0n) is 18.2. The summed E-state index contributed by atoms with van der Waals surface area (Å²) in [6.45, 7) is 7.08. The molecule has 2 aromatic carbocycles. The van der Waals surface area contributed by atoms with Gasteiger partial charge in [0.25, 0.3) is 0 Å². The Hall–Kier alpha value is -2.54. The molecule has 2 aromatic rings. The summed E-state index contributed by atoms with van der Waals surface area (Å²) in [5.41, 5.74) is 2.62. The summed E-state index contributed by atoms with van der Waals surface area (Å²) in [7, 11) is 0. The molecule has 6 nitrogen and oxygen atoms in total. The van der Waals surface area contributed by atoms with E-state index in [1.807, 2.05) is 0 Å². The molecule has 0 saturated carbocycles. The van der Waals surface area contributed by atoms with E-state index in [-0.39, 0.29) is 31.5 Å². The summed E-state index contributed by atoms with van der Waals surface area (Å²) >= 11 is 0. The van der Waals surface area contributed by atoms with Crippen molar-refractivity contribution in [2.75, 3.05) is 52.5 Å². The van der Waals surface area contributed by atoms with Gasteiger partial charge in [-0.25, -0.2) is 0 Å². The lowest BCUT2D eigenvalue weighted by Crippen LogP contribution is -2.48. The molecular formula is C25H32N2O4. The Kier molecular flexibility index (Phi) is 9.21. The highest BCUT2D eigenvalue weighted by molar-refractivity contribution is 5.96. The van der Waals surface area contributed by atoms with Gasteiger partial charge in [0, 0.05) is 32.7 Å². The van der Waals surface area contributed by atoms with Crippen LogP contribution in [-0.2, 0) is 19.1 Å². The summed E-state index contributed by atoms with van der Waals surface area (Å²) in [5.74, 6) is -0.726. The lowest BCUT2D eigenvalue weighted by Gasteiger charge is -2.39. The van der Waals surface area contributed by atoms with Crippen LogP contribution in [-0.4, -0.2) is 74.1 Å². The van der Waals surface area contributed by atoms with Gasteiger partial charge in [-0.1, -0.05) is 60.7 Å². The Labute approximate surface area is 184 Å². The van der Waals surface area contributed by atoms with E-state index < -0.39 is 5.97 Å². The van der Waals surface area contributed by atoms with Crippen LogP contribution in [0, 0.1) is 0 Å². The maximum Gasteiger partial charge on any atom is 0.313 e. The van der Waals surface area contributed by atoms with Crippen molar-refractivity contribution in [1.82, 2.24) is 9.80 Å². The molecule has 0 aromatic heterocycles. The van der Waals surface area contributed by atoms with E-state index in [1.165, 1.54) is 11.1 Å². The minimum absolute atomic E-state index is 0.0388. The fourth-order valence-electron chi connectivity index (χ4n) is 3.93. The van der Waals surface area contributed by atoms with Crippen LogP contribution in [0.25, 0.3) is 0 Å². The summed E-state index contributed by atoms with van der Waals surface area (Å²) in [6, 6.07) is 21.6. The second-order valence-electron chi connectivity index (χ2n) is 7.67. The van der Waals surface area contributed by atoms with Gasteiger partial charge < -0.3 is 9.47 Å². The van der Waals surface area contributed by atoms with E-state index in [0.717, 1.165) is 32.7 Å². The average molecular weight is 425 g/mol. The smallest absolute Gasteiger partial charge is 0.313 e. The molecule has 0 aliphatic carbocycles. The number of carbonyl (C=O) groups is 2. The highest BCUT2D eigenvalue weighted by Gasteiger charge is 2.26. The lowest BCUT2D eigenvalue weighted by atomic mass is 9.96. The summed E-state index contributed by atoms with van der Waals surface area (Å²) in [4.78, 5) is 27.9. The molecule has 0 spiro atoms. The van der Waals surface area contributed by atoms with Crippen molar-refractivity contribution in [2.24, 2.45) is 0 Å². The molecule has 1 saturated heterocycles. The minimum atomic E-state index is -0.487. The number of benzene rings is 2. The predicted octanol–water partition coefficient (Wildman–Crippen LogP) is 2.93. The van der Waals surface area contributed by atoms with E-state index in [4.69, 9.17) is 9.47 Å². The Morgan fingerprint density at radius 2 is 1.48 bits per heavy atom. The van der Waals surface area contributed by atoms with Crippen LogP contribution < -0.4 is 0 Å². The zero-order valence-corrected chi connectivity index (χ0v) is 18.2. The van der Waals surface area contributed by atoms with Gasteiger partial charge in [-0.2, -0.15) is 0 Å². The van der Waals surface area contributed by atoms with E-state index in [0.29, 0.717) is 6.61 Å². The fourth-order valence-corrected chi connectivity index (χ4v) is 3.93. The second kappa shape index (κ2) is 12.3. The molecule has 0 radical (unpaired) electrons. The number of hydrogen-bond donors (Lipinski definition) is 0. The Bertz CT molecular complexity index is 765. The van der Waals surface area contributed by atoms with Crippen LogP contribution in [0.15, 0.2) is 60.7 Å². The van der Waals surface area contributed by atoms with Crippen molar-refractivity contribution < 1.29 is 19.1 Å². The number of nitrogens with zero attached hydrogens (tertiary/aromatic N) is 2. The number of hydrogen-bond acceptors (Lipinski definition) is 6. The SMILES string of the molecule is CCOC(=O)CC(=O)COCCN1CCN(C(c2ccccc2)c2ccccc2)CC1. The van der Waals surface area contributed by atoms with Crippen molar-refractivity contribution >= 4 is 11.8 Å². The Balaban J connectivity index is 1.45. The van der Waals surface area contributed by atoms with Gasteiger partial charge in [-0.15, -0.1) is 0 Å². The first-order chi connectivity index (χ1) is 15.2. The monoisotopic (exact) mass is 424 g/mol. The third-order valence-electron chi connectivity index (χ3n) is 5.46. The first-order valence-electron chi connectivity index (χ1n) is 11.0. The normalized spacial score (nSPS) is 15.2. The quantitative estimate of drug-likeness (QED) is 0.314. The third-order valence-corrected chi connectivity index (χ3v) is 5.46. The van der Waals surface area contributed by atoms with Crippen LogP contribution in [0.5, 0.6) is 0 Å². The molecule has 31 heavy (non-hydrogen) atoms. The molecule has 0 bridgehead atoms. The van der Waals surface area contributed by atoms with Crippen molar-refractivity contribution in [3.8, 4) is 0 Å². The molecule has 0 amide bonds. The Morgan fingerprint density at radius 1 is 0.903 bits per heavy atom. The van der Waals surface area contributed by atoms with Crippen molar-refractivity contribution in [2.45, 2.75) is 19.4 Å². The van der Waals surface area contributed by atoms with Crippen LogP contribution in [0.1, 0.15) is 30.5 Å². The second-order valence-corrected chi connectivity index (χ2v) is 7.67. The summed E-state index contributed by atoms with van der Waals surface area (Å²) in [5, 5.41) is 0. The molecule has 166 valence electrons. The minimum Gasteiger partial charge on any atom is -0.466 e. The van der Waals surface area contributed by atoms with Crippen LogP contribution in [0.4, 0.5) is 0 Å². The van der Waals surface area contributed by atoms with Gasteiger partial charge in [0.15, 0.2) is 5.78 Å². The van der Waals surface area contributed by atoms with Gasteiger partial charge in [0.05, 0.1) is 19.3 Å². The molecule has 1 fully saturated rings. The predicted molar refractivity (Wildman–Crippen MR) is 120 cm³/mol. The highest BCUT2D eigenvalue weighted by Crippen LogP contribution is 2.29. The first kappa shape index (κ1) is 23.1. The molecule has 1 aliphatic heterocycles. The maximum atomic E-state index is 11.7. The summed E-state index contributed by atoms with van der Waals surface area (Å²) in [6.07, 6.45) is -0.215. The topological polar surface area (TPSA) is 59.1 Å². The maximum absolute atomic E-state index is 11.7. The van der Waals surface area contributed by atoms with Crippen molar-refractivity contribution in [1.29, 1.82) is 0 Å². The number of Topliss-reactive ketones (excluding diaryl/α,β-unsaturated/α-hetero) is 1. The van der Waals surface area contributed by atoms with E-state index in [2.05, 4.69) is 70.5 Å². The molecule has 0 unspecified atom stereocenters. The van der Waals surface area contributed by atoms with Gasteiger partial charge in [0.2, 0.25) is 0 Å².